The Hall–Kier alpha value is -5.18. The third kappa shape index (κ3) is 9.71. The van der Waals surface area contributed by atoms with E-state index >= 15 is 0 Å². The minimum Gasteiger partial charge on any atom is -0.485 e. The minimum absolute atomic E-state index is 0.0135. The van der Waals surface area contributed by atoms with E-state index in [0.717, 1.165) is 11.1 Å². The summed E-state index contributed by atoms with van der Waals surface area (Å²) in [6, 6.07) is 27.6. The van der Waals surface area contributed by atoms with Crippen molar-refractivity contribution >= 4 is 17.8 Å². The predicted molar refractivity (Wildman–Crippen MR) is 159 cm³/mol. The molecule has 0 aliphatic rings. The van der Waals surface area contributed by atoms with Gasteiger partial charge >= 0.3 is 5.97 Å². The highest BCUT2D eigenvalue weighted by atomic mass is 19.1. The number of carbonyl (C=O) groups excluding carboxylic acids is 2. The zero-order chi connectivity index (χ0) is 30.6. The highest BCUT2D eigenvalue weighted by molar-refractivity contribution is 5.90. The summed E-state index contributed by atoms with van der Waals surface area (Å²) in [6.07, 6.45) is -0.0745. The van der Waals surface area contributed by atoms with Crippen molar-refractivity contribution in [3.05, 3.63) is 131 Å². The largest absolute Gasteiger partial charge is 0.485 e. The maximum atomic E-state index is 13.7. The monoisotopic (exact) mass is 584 g/mol. The van der Waals surface area contributed by atoms with Gasteiger partial charge in [0.25, 0.3) is 0 Å². The quantitative estimate of drug-likeness (QED) is 0.195. The first-order valence-electron chi connectivity index (χ1n) is 13.8. The van der Waals surface area contributed by atoms with Crippen LogP contribution in [0.5, 0.6) is 11.5 Å². The van der Waals surface area contributed by atoms with E-state index in [9.17, 15) is 23.9 Å². The van der Waals surface area contributed by atoms with Gasteiger partial charge in [-0.25, -0.2) is 9.18 Å². The van der Waals surface area contributed by atoms with E-state index in [-0.39, 0.29) is 19.4 Å². The van der Waals surface area contributed by atoms with Crippen molar-refractivity contribution in [2.75, 3.05) is 0 Å². The van der Waals surface area contributed by atoms with Crippen LogP contribution in [0.1, 0.15) is 29.2 Å². The van der Waals surface area contributed by atoms with Crippen molar-refractivity contribution in [3.63, 3.8) is 0 Å². The lowest BCUT2D eigenvalue weighted by Crippen LogP contribution is -2.52. The number of ether oxygens (including phenoxy) is 2. The number of aliphatic carboxylic acids is 1. The van der Waals surface area contributed by atoms with Crippen LogP contribution in [0.25, 0.3) is 0 Å². The summed E-state index contributed by atoms with van der Waals surface area (Å²) in [4.78, 5) is 37.1. The van der Waals surface area contributed by atoms with Crippen molar-refractivity contribution in [1.29, 1.82) is 0 Å². The molecule has 8 nitrogen and oxygen atoms in total. The second-order valence-corrected chi connectivity index (χ2v) is 10.0. The number of halogens is 1. The summed E-state index contributed by atoms with van der Waals surface area (Å²) < 4.78 is 25.8. The molecule has 0 aromatic heterocycles. The Bertz CT molecular complexity index is 1530. The van der Waals surface area contributed by atoms with E-state index in [4.69, 9.17) is 9.47 Å². The summed E-state index contributed by atoms with van der Waals surface area (Å²) in [5, 5.41) is 15.0. The van der Waals surface area contributed by atoms with Gasteiger partial charge in [0, 0.05) is 19.8 Å². The van der Waals surface area contributed by atoms with Gasteiger partial charge in [0.15, 0.2) is 11.5 Å². The van der Waals surface area contributed by atoms with Crippen LogP contribution >= 0.6 is 0 Å². The van der Waals surface area contributed by atoms with Crippen LogP contribution in [0.4, 0.5) is 4.39 Å². The van der Waals surface area contributed by atoms with Crippen LogP contribution in [0.3, 0.4) is 0 Å². The van der Waals surface area contributed by atoms with Crippen LogP contribution in [0, 0.1) is 5.82 Å². The van der Waals surface area contributed by atoms with E-state index in [2.05, 4.69) is 10.6 Å². The van der Waals surface area contributed by atoms with Crippen LogP contribution in [0.15, 0.2) is 103 Å². The van der Waals surface area contributed by atoms with Gasteiger partial charge in [-0.05, 0) is 46.5 Å². The molecule has 2 amide bonds. The molecular weight excluding hydrogens is 551 g/mol. The van der Waals surface area contributed by atoms with Gasteiger partial charge in [-0.1, -0.05) is 78.9 Å². The molecule has 0 fully saturated rings. The first-order chi connectivity index (χ1) is 20.8. The van der Waals surface area contributed by atoms with Crippen molar-refractivity contribution < 1.29 is 33.4 Å². The zero-order valence-electron chi connectivity index (χ0n) is 23.7. The molecule has 9 heteroatoms. The molecule has 0 radical (unpaired) electrons. The molecule has 3 N–H and O–H groups in total. The van der Waals surface area contributed by atoms with Crippen molar-refractivity contribution in [3.8, 4) is 11.5 Å². The first-order valence-corrected chi connectivity index (χ1v) is 13.8. The zero-order valence-corrected chi connectivity index (χ0v) is 23.7. The summed E-state index contributed by atoms with van der Waals surface area (Å²) in [7, 11) is 0. The number of carboxylic acid groups (broad SMARTS) is 1. The van der Waals surface area contributed by atoms with Gasteiger partial charge in [-0.2, -0.15) is 0 Å². The molecule has 4 aromatic rings. The second-order valence-electron chi connectivity index (χ2n) is 10.0. The molecule has 222 valence electrons. The number of rotatable bonds is 14. The summed E-state index contributed by atoms with van der Waals surface area (Å²) in [5.41, 5.74) is 2.98. The molecule has 4 aromatic carbocycles. The lowest BCUT2D eigenvalue weighted by molar-refractivity contribution is -0.142. The predicted octanol–water partition coefficient (Wildman–Crippen LogP) is 4.84. The van der Waals surface area contributed by atoms with E-state index in [0.29, 0.717) is 29.2 Å². The third-order valence-corrected chi connectivity index (χ3v) is 6.56. The van der Waals surface area contributed by atoms with Crippen LogP contribution in [-0.2, 0) is 40.4 Å². The Morgan fingerprint density at radius 3 is 1.81 bits per heavy atom. The van der Waals surface area contributed by atoms with Gasteiger partial charge in [0.05, 0.1) is 0 Å². The molecular formula is C34H33FN2O6. The number of carbonyl (C=O) groups is 3. The van der Waals surface area contributed by atoms with Gasteiger partial charge in [0.2, 0.25) is 11.8 Å². The normalized spacial score (nSPS) is 12.0. The molecule has 0 aliphatic heterocycles. The SMILES string of the molecule is CC(=O)N[C@H](Cc1cccc(F)c1)C(=O)N[C@@H](Cc1ccc(OCc2ccccc2)c(OCc2ccccc2)c1)C(=O)O. The Labute approximate surface area is 249 Å². The Balaban J connectivity index is 1.51. The number of nitrogens with one attached hydrogen (secondary N) is 2. The average Bonchev–Trinajstić information content (AvgIpc) is 2.99. The lowest BCUT2D eigenvalue weighted by Gasteiger charge is -2.22. The molecule has 0 spiro atoms. The van der Waals surface area contributed by atoms with Crippen LogP contribution < -0.4 is 20.1 Å². The Kier molecular flexibility index (Phi) is 10.9. The number of carboxylic acids is 1. The van der Waals surface area contributed by atoms with E-state index in [1.807, 2.05) is 60.7 Å². The van der Waals surface area contributed by atoms with E-state index < -0.39 is 35.7 Å². The van der Waals surface area contributed by atoms with Crippen molar-refractivity contribution in [2.24, 2.45) is 0 Å². The fourth-order valence-corrected chi connectivity index (χ4v) is 4.44. The van der Waals surface area contributed by atoms with Crippen LogP contribution in [0.2, 0.25) is 0 Å². The van der Waals surface area contributed by atoms with E-state index in [1.165, 1.54) is 25.1 Å². The number of amides is 2. The summed E-state index contributed by atoms with van der Waals surface area (Å²) >= 11 is 0. The molecule has 4 rings (SSSR count). The highest BCUT2D eigenvalue weighted by Gasteiger charge is 2.27. The Morgan fingerprint density at radius 2 is 1.23 bits per heavy atom. The van der Waals surface area contributed by atoms with Gasteiger partial charge in [-0.3, -0.25) is 9.59 Å². The van der Waals surface area contributed by atoms with Gasteiger partial charge < -0.3 is 25.2 Å². The molecule has 0 saturated heterocycles. The highest BCUT2D eigenvalue weighted by Crippen LogP contribution is 2.30. The third-order valence-electron chi connectivity index (χ3n) is 6.56. The molecule has 0 unspecified atom stereocenters. The molecule has 0 saturated carbocycles. The molecule has 0 aliphatic carbocycles. The van der Waals surface area contributed by atoms with Gasteiger partial charge in [-0.15, -0.1) is 0 Å². The number of benzene rings is 4. The fraction of sp³-hybridized carbons (Fsp3) is 0.206. The number of hydrogen-bond acceptors (Lipinski definition) is 5. The van der Waals surface area contributed by atoms with Crippen molar-refractivity contribution in [1.82, 2.24) is 10.6 Å². The average molecular weight is 585 g/mol. The van der Waals surface area contributed by atoms with E-state index in [1.54, 1.807) is 24.3 Å². The molecule has 0 bridgehead atoms. The maximum Gasteiger partial charge on any atom is 0.326 e. The van der Waals surface area contributed by atoms with Gasteiger partial charge in [0.1, 0.15) is 31.1 Å². The smallest absolute Gasteiger partial charge is 0.326 e. The topological polar surface area (TPSA) is 114 Å². The summed E-state index contributed by atoms with van der Waals surface area (Å²) in [6.45, 7) is 1.83. The minimum atomic E-state index is -1.31. The fourth-order valence-electron chi connectivity index (χ4n) is 4.44. The summed E-state index contributed by atoms with van der Waals surface area (Å²) in [5.74, 6) is -2.00. The standard InChI is InChI=1S/C34H33FN2O6/c1-23(38)36-29(18-26-13-8-14-28(35)17-26)33(39)37-30(34(40)41)19-27-15-16-31(42-21-24-9-4-2-5-10-24)32(20-27)43-22-25-11-6-3-7-12-25/h2-17,20,29-30H,18-19,21-22H2,1H3,(H,36,38)(H,37,39)(H,40,41)/t29-,30+/m1/s1. The number of hydrogen-bond donors (Lipinski definition) is 3. The Morgan fingerprint density at radius 1 is 0.674 bits per heavy atom. The van der Waals surface area contributed by atoms with Crippen LogP contribution in [-0.4, -0.2) is 35.0 Å². The molecule has 2 atom stereocenters. The molecule has 43 heavy (non-hydrogen) atoms. The molecule has 0 heterocycles. The first kappa shape index (κ1) is 30.8. The maximum absolute atomic E-state index is 13.7. The van der Waals surface area contributed by atoms with Crippen molar-refractivity contribution in [2.45, 2.75) is 45.1 Å². The second kappa shape index (κ2) is 15.2. The lowest BCUT2D eigenvalue weighted by atomic mass is 10.0.